The summed E-state index contributed by atoms with van der Waals surface area (Å²) in [7, 11) is -1.86. The minimum Gasteiger partial charge on any atom is -0.465 e. The van der Waals surface area contributed by atoms with E-state index in [0.717, 1.165) is 6.42 Å². The molecule has 0 aliphatic heterocycles. The van der Waals surface area contributed by atoms with Crippen LogP contribution in [0, 0.1) is 17.3 Å². The number of aliphatic hydroxyl groups is 1. The molecule has 168 valence electrons. The molecule has 0 aromatic rings. The lowest BCUT2D eigenvalue weighted by atomic mass is 9.96. The maximum Gasteiger partial charge on any atom is 0.311 e. The molecule has 0 rings (SSSR count). The zero-order chi connectivity index (χ0) is 22.3. The Morgan fingerprint density at radius 3 is 1.57 bits per heavy atom. The Bertz CT molecular complexity index is 432. The monoisotopic (exact) mass is 416 g/mol. The van der Waals surface area contributed by atoms with Crippen molar-refractivity contribution in [2.45, 2.75) is 112 Å². The Hall–Kier alpha value is -0.393. The summed E-state index contributed by atoms with van der Waals surface area (Å²) in [6.07, 6.45) is 0.967. The summed E-state index contributed by atoms with van der Waals surface area (Å²) in [5, 5.41) is 10.5. The molecule has 28 heavy (non-hydrogen) atoms. The summed E-state index contributed by atoms with van der Waals surface area (Å²) in [6.45, 7) is 24.6. The van der Waals surface area contributed by atoms with Gasteiger partial charge in [-0.25, -0.2) is 0 Å². The number of hydrogen-bond donors (Lipinski definition) is 1. The second-order valence-electron chi connectivity index (χ2n) is 10.8. The van der Waals surface area contributed by atoms with Gasteiger partial charge < -0.3 is 14.3 Å². The molecule has 4 nitrogen and oxygen atoms in total. The van der Waals surface area contributed by atoms with E-state index >= 15 is 0 Å². The highest BCUT2D eigenvalue weighted by Crippen LogP contribution is 2.42. The van der Waals surface area contributed by atoms with Gasteiger partial charge in [-0.2, -0.15) is 0 Å². The van der Waals surface area contributed by atoms with Crippen molar-refractivity contribution in [2.75, 3.05) is 13.2 Å². The molecule has 0 radical (unpaired) electrons. The lowest BCUT2D eigenvalue weighted by molar-refractivity contribution is -0.154. The topological polar surface area (TPSA) is 55.8 Å². The predicted octanol–water partition coefficient (Wildman–Crippen LogP) is 6.18. The van der Waals surface area contributed by atoms with Crippen molar-refractivity contribution >= 4 is 14.3 Å². The van der Waals surface area contributed by atoms with E-state index < -0.39 is 19.8 Å². The van der Waals surface area contributed by atoms with Crippen LogP contribution < -0.4 is 0 Å². The minimum absolute atomic E-state index is 0.143. The molecule has 3 atom stereocenters. The van der Waals surface area contributed by atoms with Crippen LogP contribution in [0.15, 0.2) is 0 Å². The smallest absolute Gasteiger partial charge is 0.311 e. The van der Waals surface area contributed by atoms with Gasteiger partial charge in [-0.05, 0) is 62.1 Å². The zero-order valence-corrected chi connectivity index (χ0v) is 21.5. The molecule has 0 spiro atoms. The fourth-order valence-corrected chi connectivity index (χ4v) is 9.96. The number of aliphatic hydroxyl groups excluding tert-OH is 1. The molecular formula is C23H48O4Si. The van der Waals surface area contributed by atoms with Crippen molar-refractivity contribution in [3.8, 4) is 0 Å². The first-order valence-corrected chi connectivity index (χ1v) is 13.3. The van der Waals surface area contributed by atoms with E-state index in [4.69, 9.17) is 9.16 Å². The lowest BCUT2D eigenvalue weighted by Gasteiger charge is -2.43. The highest BCUT2D eigenvalue weighted by molar-refractivity contribution is 6.77. The number of rotatable bonds is 12. The Kier molecular flexibility index (Phi) is 11.5. The molecule has 0 aromatic heterocycles. The van der Waals surface area contributed by atoms with E-state index in [1.165, 1.54) is 0 Å². The first-order valence-electron chi connectivity index (χ1n) is 11.1. The molecule has 0 saturated carbocycles. The fraction of sp³-hybridized carbons (Fsp3) is 0.957. The number of carbonyl (C=O) groups excluding carboxylic acids is 1. The molecule has 0 aliphatic rings. The van der Waals surface area contributed by atoms with Crippen molar-refractivity contribution in [3.05, 3.63) is 0 Å². The van der Waals surface area contributed by atoms with Gasteiger partial charge in [-0.1, -0.05) is 55.4 Å². The van der Waals surface area contributed by atoms with Gasteiger partial charge in [-0.3, -0.25) is 4.79 Å². The van der Waals surface area contributed by atoms with Gasteiger partial charge in [0.15, 0.2) is 8.32 Å². The summed E-state index contributed by atoms with van der Waals surface area (Å²) in [6, 6.07) is 0. The normalized spacial score (nSPS) is 16.5. The van der Waals surface area contributed by atoms with Gasteiger partial charge in [0.1, 0.15) is 0 Å². The lowest BCUT2D eigenvalue weighted by Crippen LogP contribution is -2.48. The molecular weight excluding hydrogens is 368 g/mol. The number of hydrogen-bond acceptors (Lipinski definition) is 4. The molecule has 0 bridgehead atoms. The predicted molar refractivity (Wildman–Crippen MR) is 121 cm³/mol. The van der Waals surface area contributed by atoms with E-state index in [9.17, 15) is 9.90 Å². The van der Waals surface area contributed by atoms with Gasteiger partial charge in [-0.15, -0.1) is 0 Å². The van der Waals surface area contributed by atoms with E-state index in [-0.39, 0.29) is 11.9 Å². The first kappa shape index (κ1) is 27.6. The van der Waals surface area contributed by atoms with Crippen molar-refractivity contribution in [3.63, 3.8) is 0 Å². The van der Waals surface area contributed by atoms with Gasteiger partial charge in [0, 0.05) is 6.61 Å². The standard InChI is InChI=1S/C23H48O4Si/c1-16(2)28(17(3)4,18(5)6)27-15-20(8)13-21(24)12-19(7)14-26-22(25)23(9,10)11/h16-21,24H,12-15H2,1-11H3/t19-,20-,21+/m1/s1. The van der Waals surface area contributed by atoms with E-state index in [1.807, 2.05) is 27.7 Å². The molecule has 0 fully saturated rings. The van der Waals surface area contributed by atoms with Crippen LogP contribution in [0.3, 0.4) is 0 Å². The van der Waals surface area contributed by atoms with E-state index in [1.54, 1.807) is 0 Å². The Balaban J connectivity index is 4.54. The molecule has 0 aliphatic carbocycles. The Morgan fingerprint density at radius 2 is 1.21 bits per heavy atom. The largest absolute Gasteiger partial charge is 0.465 e. The highest BCUT2D eigenvalue weighted by Gasteiger charge is 2.45. The van der Waals surface area contributed by atoms with Gasteiger partial charge in [0.25, 0.3) is 0 Å². The fourth-order valence-electron chi connectivity index (χ4n) is 4.38. The summed E-state index contributed by atoms with van der Waals surface area (Å²) in [4.78, 5) is 11.9. The second-order valence-corrected chi connectivity index (χ2v) is 16.3. The first-order chi connectivity index (χ1) is 12.6. The summed E-state index contributed by atoms with van der Waals surface area (Å²) < 4.78 is 12.0. The molecule has 5 heteroatoms. The van der Waals surface area contributed by atoms with Gasteiger partial charge in [0.2, 0.25) is 0 Å². The quantitative estimate of drug-likeness (QED) is 0.305. The van der Waals surface area contributed by atoms with Crippen LogP contribution in [-0.2, 0) is 14.0 Å². The van der Waals surface area contributed by atoms with Gasteiger partial charge >= 0.3 is 5.97 Å². The number of carbonyl (C=O) groups is 1. The van der Waals surface area contributed by atoms with Crippen molar-refractivity contribution < 1.29 is 19.1 Å². The van der Waals surface area contributed by atoms with Crippen LogP contribution in [0.2, 0.25) is 16.6 Å². The second kappa shape index (κ2) is 11.7. The van der Waals surface area contributed by atoms with Crippen LogP contribution in [0.5, 0.6) is 0 Å². The van der Waals surface area contributed by atoms with E-state index in [2.05, 4.69) is 48.5 Å². The average Bonchev–Trinajstić information content (AvgIpc) is 2.50. The minimum atomic E-state index is -1.86. The Labute approximate surface area is 175 Å². The van der Waals surface area contributed by atoms with Crippen LogP contribution in [0.1, 0.15) is 89.0 Å². The molecule has 0 heterocycles. The average molecular weight is 417 g/mol. The molecule has 1 N–H and O–H groups in total. The number of esters is 1. The van der Waals surface area contributed by atoms with Gasteiger partial charge in [0.05, 0.1) is 18.1 Å². The summed E-state index contributed by atoms with van der Waals surface area (Å²) in [5.74, 6) is 0.264. The third-order valence-electron chi connectivity index (χ3n) is 5.79. The summed E-state index contributed by atoms with van der Waals surface area (Å²) in [5.41, 5.74) is 1.23. The van der Waals surface area contributed by atoms with Crippen LogP contribution in [-0.4, -0.2) is 38.7 Å². The zero-order valence-electron chi connectivity index (χ0n) is 20.5. The third kappa shape index (κ3) is 8.54. The highest BCUT2D eigenvalue weighted by atomic mass is 28.4. The molecule has 0 saturated heterocycles. The van der Waals surface area contributed by atoms with Crippen LogP contribution in [0.25, 0.3) is 0 Å². The molecule has 0 unspecified atom stereocenters. The maximum atomic E-state index is 11.9. The third-order valence-corrected chi connectivity index (χ3v) is 11.9. The molecule has 0 amide bonds. The van der Waals surface area contributed by atoms with Crippen molar-refractivity contribution in [1.29, 1.82) is 0 Å². The van der Waals surface area contributed by atoms with Crippen LogP contribution >= 0.6 is 0 Å². The number of ether oxygens (including phenoxy) is 1. The molecule has 0 aromatic carbocycles. The van der Waals surface area contributed by atoms with Crippen molar-refractivity contribution in [2.24, 2.45) is 17.3 Å². The van der Waals surface area contributed by atoms with Crippen LogP contribution in [0.4, 0.5) is 0 Å². The Morgan fingerprint density at radius 1 is 0.821 bits per heavy atom. The van der Waals surface area contributed by atoms with E-state index in [0.29, 0.717) is 42.2 Å². The summed E-state index contributed by atoms with van der Waals surface area (Å²) >= 11 is 0. The maximum absolute atomic E-state index is 11.9. The van der Waals surface area contributed by atoms with Crippen molar-refractivity contribution in [1.82, 2.24) is 0 Å². The SMILES string of the molecule is CC(C)[Si](OC[C@H](C)C[C@@H](O)C[C@@H](C)COC(=O)C(C)(C)C)(C(C)C)C(C)C.